The smallest absolute Gasteiger partial charge is 0.417 e. The fourth-order valence-corrected chi connectivity index (χ4v) is 4.39. The molecule has 0 aliphatic carbocycles. The van der Waals surface area contributed by atoms with Gasteiger partial charge in [-0.3, -0.25) is 0 Å². The maximum atomic E-state index is 13.7. The molecule has 4 rings (SSSR count). The number of carboxylic acid groups (broad SMARTS) is 1. The highest BCUT2D eigenvalue weighted by Crippen LogP contribution is 2.44. The number of fused-ring (bicyclic) bond motifs is 1. The molecule has 0 fully saturated rings. The number of aromatic amines is 1. The van der Waals surface area contributed by atoms with Gasteiger partial charge in [-0.1, -0.05) is 18.2 Å². The molecule has 11 nitrogen and oxygen atoms in total. The number of anilines is 1. The summed E-state index contributed by atoms with van der Waals surface area (Å²) in [7, 11) is -4.99. The fraction of sp³-hybridized carbons (Fsp3) is 0.0556. The second-order valence-corrected chi connectivity index (χ2v) is 8.24. The summed E-state index contributed by atoms with van der Waals surface area (Å²) in [6.07, 6.45) is -5.10. The molecule has 6 N–H and O–H groups in total. The van der Waals surface area contributed by atoms with Gasteiger partial charge in [0, 0.05) is 5.39 Å². The molecule has 15 heteroatoms. The molecule has 0 radical (unpaired) electrons. The average molecular weight is 479 g/mol. The number of hydrogen-bond acceptors (Lipinski definition) is 8. The van der Waals surface area contributed by atoms with Crippen LogP contribution in [0.2, 0.25) is 0 Å². The molecule has 170 valence electrons. The van der Waals surface area contributed by atoms with Crippen LogP contribution in [0.15, 0.2) is 41.3 Å². The summed E-state index contributed by atoms with van der Waals surface area (Å²) < 4.78 is 65.9. The number of sulfonamides is 1. The Labute approximate surface area is 182 Å². The number of H-pyrrole nitrogens is 1. The molecule has 2 heterocycles. The second kappa shape index (κ2) is 7.49. The zero-order chi connectivity index (χ0) is 24.1. The number of nitrogens with two attached hydrogens (primary N) is 2. The van der Waals surface area contributed by atoms with Crippen LogP contribution >= 0.6 is 0 Å². The van der Waals surface area contributed by atoms with Crippen LogP contribution in [0.5, 0.6) is 0 Å². The molecule has 0 bridgehead atoms. The Bertz CT molecular complexity index is 1520. The predicted molar refractivity (Wildman–Crippen MR) is 108 cm³/mol. The SMILES string of the molecule is Nc1cccc2c(-c3ccc(C(F)(F)F)c(S(N)(=O)=O)c3-c3nn[nH]n3)cc(C(=O)O)nc12. The second-order valence-electron chi connectivity index (χ2n) is 6.75. The maximum absolute atomic E-state index is 13.7. The van der Waals surface area contributed by atoms with Crippen molar-refractivity contribution in [3.05, 3.63) is 47.7 Å². The number of para-hydroxylation sites is 1. The summed E-state index contributed by atoms with van der Waals surface area (Å²) in [5.74, 6) is -1.95. The van der Waals surface area contributed by atoms with E-state index in [4.69, 9.17) is 10.9 Å². The molecule has 0 aliphatic rings. The van der Waals surface area contributed by atoms with E-state index in [1.807, 2.05) is 0 Å². The Morgan fingerprint density at radius 1 is 1.12 bits per heavy atom. The van der Waals surface area contributed by atoms with E-state index in [0.29, 0.717) is 6.07 Å². The van der Waals surface area contributed by atoms with Crippen molar-refractivity contribution in [3.8, 4) is 22.5 Å². The van der Waals surface area contributed by atoms with Crippen LogP contribution in [0, 0.1) is 0 Å². The van der Waals surface area contributed by atoms with Gasteiger partial charge in [-0.05, 0) is 34.5 Å². The van der Waals surface area contributed by atoms with Gasteiger partial charge in [0.1, 0.15) is 10.6 Å². The van der Waals surface area contributed by atoms with Crippen molar-refractivity contribution in [2.75, 3.05) is 5.73 Å². The first kappa shape index (κ1) is 22.1. The number of carbonyl (C=O) groups is 1. The predicted octanol–water partition coefficient (Wildman–Crippen LogP) is 2.03. The van der Waals surface area contributed by atoms with Crippen molar-refractivity contribution in [2.24, 2.45) is 5.14 Å². The number of rotatable bonds is 4. The Morgan fingerprint density at radius 3 is 2.42 bits per heavy atom. The first-order chi connectivity index (χ1) is 15.4. The highest BCUT2D eigenvalue weighted by atomic mass is 32.2. The first-order valence-corrected chi connectivity index (χ1v) is 10.4. The van der Waals surface area contributed by atoms with Crippen LogP contribution in [0.3, 0.4) is 0 Å². The summed E-state index contributed by atoms with van der Waals surface area (Å²) in [6, 6.07) is 7.02. The summed E-state index contributed by atoms with van der Waals surface area (Å²) in [4.78, 5) is 14.3. The minimum absolute atomic E-state index is 0.0168. The zero-order valence-electron chi connectivity index (χ0n) is 16.1. The Balaban J connectivity index is 2.25. The standard InChI is InChI=1S/C18H12F3N7O4S/c19-18(20,21)10-5-4-7(13(15(10)33(23,31)32)16-25-27-28-26-16)9-6-12(17(29)30)24-14-8(9)2-1-3-11(14)22/h1-6H,22H2,(H,29,30)(H2,23,31,32)(H,25,26,27,28). The van der Waals surface area contributed by atoms with Gasteiger partial charge in [-0.25, -0.2) is 23.3 Å². The van der Waals surface area contributed by atoms with Crippen LogP contribution < -0.4 is 10.9 Å². The number of pyridine rings is 1. The van der Waals surface area contributed by atoms with Crippen LogP contribution in [0.25, 0.3) is 33.4 Å². The molecule has 0 amide bonds. The molecule has 2 aromatic carbocycles. The number of halogens is 3. The third-order valence-corrected chi connectivity index (χ3v) is 5.69. The summed E-state index contributed by atoms with van der Waals surface area (Å²) in [5.41, 5.74) is 3.27. The molecule has 0 atom stereocenters. The third-order valence-electron chi connectivity index (χ3n) is 4.70. The number of aromatic carboxylic acids is 1. The van der Waals surface area contributed by atoms with Crippen LogP contribution in [0.4, 0.5) is 18.9 Å². The lowest BCUT2D eigenvalue weighted by Crippen LogP contribution is -2.21. The highest BCUT2D eigenvalue weighted by molar-refractivity contribution is 7.89. The number of tetrazole rings is 1. The topological polar surface area (TPSA) is 191 Å². The third kappa shape index (κ3) is 3.83. The highest BCUT2D eigenvalue weighted by Gasteiger charge is 2.40. The van der Waals surface area contributed by atoms with Crippen LogP contribution in [-0.2, 0) is 16.2 Å². The Hall–Kier alpha value is -4.11. The molecule has 0 saturated carbocycles. The number of nitrogens with zero attached hydrogens (tertiary/aromatic N) is 4. The first-order valence-electron chi connectivity index (χ1n) is 8.83. The Kier molecular flexibility index (Phi) is 5.02. The van der Waals surface area contributed by atoms with Crippen molar-refractivity contribution < 1.29 is 31.5 Å². The van der Waals surface area contributed by atoms with E-state index in [0.717, 1.165) is 12.1 Å². The number of aromatic nitrogens is 5. The fourth-order valence-electron chi connectivity index (χ4n) is 3.42. The quantitative estimate of drug-likeness (QED) is 0.317. The van der Waals surface area contributed by atoms with Gasteiger partial charge in [0.25, 0.3) is 0 Å². The van der Waals surface area contributed by atoms with E-state index >= 15 is 0 Å². The van der Waals surface area contributed by atoms with Gasteiger partial charge in [0.05, 0.1) is 22.3 Å². The van der Waals surface area contributed by atoms with Crippen LogP contribution in [0.1, 0.15) is 16.1 Å². The normalized spacial score (nSPS) is 12.2. The van der Waals surface area contributed by atoms with Crippen molar-refractivity contribution in [1.29, 1.82) is 0 Å². The van der Waals surface area contributed by atoms with Gasteiger partial charge in [0.2, 0.25) is 15.8 Å². The maximum Gasteiger partial charge on any atom is 0.417 e. The minimum atomic E-state index is -5.10. The molecule has 0 aliphatic heterocycles. The number of carboxylic acids is 1. The van der Waals surface area contributed by atoms with Gasteiger partial charge in [0.15, 0.2) is 0 Å². The van der Waals surface area contributed by atoms with Crippen molar-refractivity contribution in [1.82, 2.24) is 25.6 Å². The number of nitrogen functional groups attached to an aromatic ring is 1. The van der Waals surface area contributed by atoms with Crippen LogP contribution in [-0.4, -0.2) is 45.1 Å². The molecule has 33 heavy (non-hydrogen) atoms. The molecule has 0 unspecified atom stereocenters. The number of benzene rings is 2. The monoisotopic (exact) mass is 479 g/mol. The lowest BCUT2D eigenvalue weighted by molar-refractivity contribution is -0.139. The molecular weight excluding hydrogens is 467 g/mol. The zero-order valence-corrected chi connectivity index (χ0v) is 16.9. The van der Waals surface area contributed by atoms with Crippen molar-refractivity contribution >= 4 is 32.6 Å². The number of alkyl halides is 3. The van der Waals surface area contributed by atoms with E-state index in [-0.39, 0.29) is 27.7 Å². The number of nitrogens with one attached hydrogen (secondary N) is 1. The lowest BCUT2D eigenvalue weighted by Gasteiger charge is -2.18. The number of primary sulfonamides is 1. The molecular formula is C18H12F3N7O4S. The molecule has 4 aromatic rings. The van der Waals surface area contributed by atoms with Gasteiger partial charge in [-0.15, -0.1) is 10.2 Å². The van der Waals surface area contributed by atoms with E-state index in [2.05, 4.69) is 25.6 Å². The summed E-state index contributed by atoms with van der Waals surface area (Å²) in [6.45, 7) is 0. The van der Waals surface area contributed by atoms with E-state index < -0.39 is 49.7 Å². The van der Waals surface area contributed by atoms with E-state index in [1.54, 1.807) is 0 Å². The average Bonchev–Trinajstić information content (AvgIpc) is 3.25. The van der Waals surface area contributed by atoms with E-state index in [1.165, 1.54) is 18.2 Å². The van der Waals surface area contributed by atoms with E-state index in [9.17, 15) is 31.5 Å². The molecule has 0 saturated heterocycles. The summed E-state index contributed by atoms with van der Waals surface area (Å²) >= 11 is 0. The van der Waals surface area contributed by atoms with Crippen molar-refractivity contribution in [3.63, 3.8) is 0 Å². The molecule has 2 aromatic heterocycles. The van der Waals surface area contributed by atoms with Gasteiger partial charge < -0.3 is 10.8 Å². The number of hydrogen-bond donors (Lipinski definition) is 4. The minimum Gasteiger partial charge on any atom is -0.477 e. The Morgan fingerprint density at radius 2 is 1.85 bits per heavy atom. The van der Waals surface area contributed by atoms with Crippen molar-refractivity contribution in [2.45, 2.75) is 11.1 Å². The largest absolute Gasteiger partial charge is 0.477 e. The van der Waals surface area contributed by atoms with Gasteiger partial charge >= 0.3 is 12.1 Å². The van der Waals surface area contributed by atoms with Gasteiger partial charge in [-0.2, -0.15) is 18.4 Å². The summed E-state index contributed by atoms with van der Waals surface area (Å²) in [5, 5.41) is 27.5. The molecule has 0 spiro atoms. The lowest BCUT2D eigenvalue weighted by atomic mass is 9.93.